The number of hydrogen-bond acceptors (Lipinski definition) is 4. The number of pyridine rings is 1. The number of amides is 1. The van der Waals surface area contributed by atoms with Crippen LogP contribution >= 0.6 is 15.9 Å². The van der Waals surface area contributed by atoms with Gasteiger partial charge in [0.1, 0.15) is 11.6 Å². The van der Waals surface area contributed by atoms with Gasteiger partial charge in [0.25, 0.3) is 5.91 Å². The summed E-state index contributed by atoms with van der Waals surface area (Å²) >= 11 is 3.47. The van der Waals surface area contributed by atoms with Gasteiger partial charge >= 0.3 is 5.97 Å². The molecule has 0 bridgehead atoms. The van der Waals surface area contributed by atoms with Crippen LogP contribution in [-0.2, 0) is 4.79 Å². The first-order valence-electron chi connectivity index (χ1n) is 11.3. The Morgan fingerprint density at radius 1 is 1.11 bits per heavy atom. The summed E-state index contributed by atoms with van der Waals surface area (Å²) < 4.78 is 20.8. The molecule has 0 aliphatic heterocycles. The fraction of sp³-hybridized carbons (Fsp3) is 0.179. The van der Waals surface area contributed by atoms with Gasteiger partial charge in [-0.15, -0.1) is 0 Å². The lowest BCUT2D eigenvalue weighted by atomic mass is 9.93. The normalized spacial score (nSPS) is 11.8. The number of benzene rings is 3. The molecule has 1 aromatic heterocycles. The lowest BCUT2D eigenvalue weighted by molar-refractivity contribution is -0.137. The number of carboxylic acid groups (broad SMARTS) is 1. The van der Waals surface area contributed by atoms with Crippen LogP contribution in [0.2, 0.25) is 0 Å². The molecule has 8 heteroatoms. The van der Waals surface area contributed by atoms with Crippen molar-refractivity contribution in [2.24, 2.45) is 0 Å². The minimum absolute atomic E-state index is 0.0969. The Labute approximate surface area is 216 Å². The first-order valence-corrected chi connectivity index (χ1v) is 12.1. The fourth-order valence-electron chi connectivity index (χ4n) is 4.38. The molecule has 0 aliphatic rings. The first kappa shape index (κ1) is 25.3. The van der Waals surface area contributed by atoms with Crippen LogP contribution in [0.1, 0.15) is 33.8 Å². The minimum atomic E-state index is -1.11. The fourth-order valence-corrected chi connectivity index (χ4v) is 4.74. The van der Waals surface area contributed by atoms with Crippen molar-refractivity contribution in [2.75, 3.05) is 13.7 Å². The molecule has 4 aromatic rings. The van der Waals surface area contributed by atoms with Crippen molar-refractivity contribution >= 4 is 38.7 Å². The molecule has 1 atom stereocenters. The highest BCUT2D eigenvalue weighted by molar-refractivity contribution is 9.10. The van der Waals surface area contributed by atoms with Crippen LogP contribution in [0.4, 0.5) is 4.39 Å². The number of carbonyl (C=O) groups excluding carboxylic acids is 1. The van der Waals surface area contributed by atoms with Gasteiger partial charge in [0.2, 0.25) is 0 Å². The van der Waals surface area contributed by atoms with Crippen molar-refractivity contribution in [3.8, 4) is 17.0 Å². The summed E-state index contributed by atoms with van der Waals surface area (Å²) in [6, 6.07) is 19.4. The maximum absolute atomic E-state index is 14.7. The van der Waals surface area contributed by atoms with Crippen molar-refractivity contribution < 1.29 is 23.8 Å². The lowest BCUT2D eigenvalue weighted by Gasteiger charge is -2.21. The van der Waals surface area contributed by atoms with E-state index in [4.69, 9.17) is 9.72 Å². The average Bonchev–Trinajstić information content (AvgIpc) is 2.86. The predicted octanol–water partition coefficient (Wildman–Crippen LogP) is 6.11. The van der Waals surface area contributed by atoms with Crippen molar-refractivity contribution in [2.45, 2.75) is 19.3 Å². The standard InChI is InChI=1S/C28H24BrFN2O4/c1-16-25(20-14-19(29)11-12-22(20)32-27(16)17-7-4-3-5-8-17)28(35)31-15-18(13-24(33)34)26-21(30)9-6-10-23(26)36-2/h3-12,14,18H,13,15H2,1-2H3,(H,31,35)(H,33,34). The number of aliphatic carboxylic acids is 1. The number of aromatic nitrogens is 1. The lowest BCUT2D eigenvalue weighted by Crippen LogP contribution is -2.31. The Bertz CT molecular complexity index is 1440. The molecule has 6 nitrogen and oxygen atoms in total. The summed E-state index contributed by atoms with van der Waals surface area (Å²) in [7, 11) is 1.39. The number of hydrogen-bond donors (Lipinski definition) is 2. The van der Waals surface area contributed by atoms with E-state index >= 15 is 0 Å². The van der Waals surface area contributed by atoms with Crippen LogP contribution in [0.15, 0.2) is 71.2 Å². The Balaban J connectivity index is 1.75. The highest BCUT2D eigenvalue weighted by Crippen LogP contribution is 2.33. The summed E-state index contributed by atoms with van der Waals surface area (Å²) in [5, 5.41) is 13.0. The molecule has 1 heterocycles. The number of halogens is 2. The number of nitrogens with zero attached hydrogens (tertiary/aromatic N) is 1. The van der Waals surface area contributed by atoms with Crippen molar-refractivity contribution in [3.05, 3.63) is 93.7 Å². The second-order valence-electron chi connectivity index (χ2n) is 8.35. The van der Waals surface area contributed by atoms with Crippen molar-refractivity contribution in [3.63, 3.8) is 0 Å². The van der Waals surface area contributed by atoms with Crippen LogP contribution in [0.25, 0.3) is 22.2 Å². The second-order valence-corrected chi connectivity index (χ2v) is 9.26. The van der Waals surface area contributed by atoms with E-state index < -0.39 is 23.6 Å². The third-order valence-corrected chi connectivity index (χ3v) is 6.53. The van der Waals surface area contributed by atoms with Gasteiger partial charge in [-0.25, -0.2) is 9.37 Å². The molecular weight excluding hydrogens is 527 g/mol. The van der Waals surface area contributed by atoms with Gasteiger partial charge in [0.15, 0.2) is 0 Å². The Morgan fingerprint density at radius 3 is 2.56 bits per heavy atom. The number of fused-ring (bicyclic) bond motifs is 1. The zero-order valence-electron chi connectivity index (χ0n) is 19.7. The number of methoxy groups -OCH3 is 1. The topological polar surface area (TPSA) is 88.5 Å². The van der Waals surface area contributed by atoms with Gasteiger partial charge in [0, 0.05) is 33.4 Å². The van der Waals surface area contributed by atoms with E-state index in [0.717, 1.165) is 10.0 Å². The van der Waals surface area contributed by atoms with E-state index in [1.165, 1.54) is 19.2 Å². The van der Waals surface area contributed by atoms with E-state index in [0.29, 0.717) is 27.7 Å². The monoisotopic (exact) mass is 550 g/mol. The van der Waals surface area contributed by atoms with E-state index in [1.54, 1.807) is 6.07 Å². The van der Waals surface area contributed by atoms with Crippen LogP contribution in [0.3, 0.4) is 0 Å². The SMILES string of the molecule is COc1cccc(F)c1C(CNC(=O)c1c(C)c(-c2ccccc2)nc2ccc(Br)cc12)CC(=O)O. The molecule has 1 amide bonds. The smallest absolute Gasteiger partial charge is 0.304 e. The van der Waals surface area contributed by atoms with Crippen LogP contribution < -0.4 is 10.1 Å². The number of rotatable bonds is 8. The molecule has 36 heavy (non-hydrogen) atoms. The number of nitrogens with one attached hydrogen (secondary N) is 1. The maximum atomic E-state index is 14.7. The maximum Gasteiger partial charge on any atom is 0.304 e. The molecular formula is C28H24BrFN2O4. The molecule has 0 saturated heterocycles. The molecule has 1 unspecified atom stereocenters. The largest absolute Gasteiger partial charge is 0.496 e. The molecule has 0 saturated carbocycles. The highest BCUT2D eigenvalue weighted by Gasteiger charge is 2.25. The molecule has 0 radical (unpaired) electrons. The van der Waals surface area contributed by atoms with E-state index in [9.17, 15) is 19.1 Å². The number of carbonyl (C=O) groups is 2. The Morgan fingerprint density at radius 2 is 1.86 bits per heavy atom. The van der Waals surface area contributed by atoms with Crippen LogP contribution in [0.5, 0.6) is 5.75 Å². The third kappa shape index (κ3) is 5.23. The summed E-state index contributed by atoms with van der Waals surface area (Å²) in [4.78, 5) is 30.0. The van der Waals surface area contributed by atoms with E-state index in [1.807, 2.05) is 55.5 Å². The van der Waals surface area contributed by atoms with Gasteiger partial charge in [-0.05, 0) is 42.8 Å². The van der Waals surface area contributed by atoms with Crippen molar-refractivity contribution in [1.82, 2.24) is 10.3 Å². The Hall–Kier alpha value is -3.78. The van der Waals surface area contributed by atoms with E-state index in [-0.39, 0.29) is 24.3 Å². The molecule has 4 rings (SSSR count). The predicted molar refractivity (Wildman–Crippen MR) is 140 cm³/mol. The van der Waals surface area contributed by atoms with Crippen LogP contribution in [0, 0.1) is 12.7 Å². The third-order valence-electron chi connectivity index (χ3n) is 6.04. The number of ether oxygens (including phenoxy) is 1. The quantitative estimate of drug-likeness (QED) is 0.276. The van der Waals surface area contributed by atoms with Gasteiger partial charge in [0.05, 0.1) is 30.3 Å². The summed E-state index contributed by atoms with van der Waals surface area (Å²) in [5.41, 5.74) is 3.41. The molecule has 0 spiro atoms. The minimum Gasteiger partial charge on any atom is -0.496 e. The van der Waals surface area contributed by atoms with Gasteiger partial charge in [-0.2, -0.15) is 0 Å². The van der Waals surface area contributed by atoms with Crippen LogP contribution in [-0.4, -0.2) is 35.6 Å². The molecule has 2 N–H and O–H groups in total. The summed E-state index contributed by atoms with van der Waals surface area (Å²) in [6.45, 7) is 1.74. The molecule has 184 valence electrons. The van der Waals surface area contributed by atoms with Gasteiger partial charge in [-0.1, -0.05) is 52.3 Å². The van der Waals surface area contributed by atoms with E-state index in [2.05, 4.69) is 21.2 Å². The van der Waals surface area contributed by atoms with Gasteiger partial charge < -0.3 is 15.2 Å². The molecule has 3 aromatic carbocycles. The first-order chi connectivity index (χ1) is 17.3. The molecule has 0 aliphatic carbocycles. The molecule has 0 fully saturated rings. The summed E-state index contributed by atoms with van der Waals surface area (Å²) in [6.07, 6.45) is -0.380. The summed E-state index contributed by atoms with van der Waals surface area (Å²) in [5.74, 6) is -2.70. The number of carboxylic acids is 1. The van der Waals surface area contributed by atoms with Crippen molar-refractivity contribution in [1.29, 1.82) is 0 Å². The Kier molecular flexibility index (Phi) is 7.64. The zero-order chi connectivity index (χ0) is 25.8. The average molecular weight is 551 g/mol. The van der Waals surface area contributed by atoms with Gasteiger partial charge in [-0.3, -0.25) is 9.59 Å². The zero-order valence-corrected chi connectivity index (χ0v) is 21.3. The second kappa shape index (κ2) is 10.9. The highest BCUT2D eigenvalue weighted by atomic mass is 79.9.